The fourth-order valence-electron chi connectivity index (χ4n) is 9.82. The number of aliphatic hydroxyl groups is 1. The minimum atomic E-state index is -0.0319. The molecule has 0 saturated heterocycles. The van der Waals surface area contributed by atoms with E-state index in [-0.39, 0.29) is 5.76 Å². The van der Waals surface area contributed by atoms with E-state index in [9.17, 15) is 5.11 Å². The lowest BCUT2D eigenvalue weighted by atomic mass is 9.44. The predicted octanol–water partition coefficient (Wildman–Crippen LogP) is 9.33. The zero-order valence-electron chi connectivity index (χ0n) is 23.1. The molecule has 0 unspecified atom stereocenters. The molecule has 0 aliphatic heterocycles. The van der Waals surface area contributed by atoms with E-state index in [1.165, 1.54) is 77.0 Å². The van der Waals surface area contributed by atoms with E-state index in [0.29, 0.717) is 29.1 Å². The first-order valence-electron chi connectivity index (χ1n) is 14.8. The minimum absolute atomic E-state index is 0.0319. The van der Waals surface area contributed by atoms with Gasteiger partial charge < -0.3 is 9.84 Å². The summed E-state index contributed by atoms with van der Waals surface area (Å²) in [5, 5.41) is 9.50. The van der Waals surface area contributed by atoms with Crippen LogP contribution >= 0.6 is 0 Å². The molecule has 194 valence electrons. The normalized spacial score (nSPS) is 42.4. The van der Waals surface area contributed by atoms with Crippen molar-refractivity contribution >= 4 is 0 Å². The molecular weight excluding hydrogens is 416 g/mol. The highest BCUT2D eigenvalue weighted by Crippen LogP contribution is 2.68. The molecule has 0 heterocycles. The maximum absolute atomic E-state index is 9.50. The van der Waals surface area contributed by atoms with Crippen LogP contribution in [0.25, 0.3) is 0 Å². The van der Waals surface area contributed by atoms with Crippen molar-refractivity contribution in [1.29, 1.82) is 0 Å². The van der Waals surface area contributed by atoms with Crippen LogP contribution in [0.3, 0.4) is 0 Å². The largest absolute Gasteiger partial charge is 0.505 e. The summed E-state index contributed by atoms with van der Waals surface area (Å²) in [5.74, 6) is 7.35. The minimum Gasteiger partial charge on any atom is -0.505 e. The Hall–Kier alpha value is -0.920. The molecule has 4 saturated carbocycles. The van der Waals surface area contributed by atoms with Crippen LogP contribution in [-0.2, 0) is 4.74 Å². The molecule has 0 aromatic rings. The maximum atomic E-state index is 9.50. The van der Waals surface area contributed by atoms with Gasteiger partial charge in [-0.2, -0.15) is 0 Å². The van der Waals surface area contributed by atoms with Crippen LogP contribution in [0.5, 0.6) is 0 Å². The fourth-order valence-corrected chi connectivity index (χ4v) is 9.82. The molecule has 0 bridgehead atoms. The second-order valence-corrected chi connectivity index (χ2v) is 14.0. The zero-order chi connectivity index (χ0) is 24.7. The van der Waals surface area contributed by atoms with Gasteiger partial charge in [-0.05, 0) is 116 Å². The van der Waals surface area contributed by atoms with Crippen molar-refractivity contribution in [3.8, 4) is 0 Å². The summed E-state index contributed by atoms with van der Waals surface area (Å²) in [6.45, 7) is 20.8. The Labute approximate surface area is 211 Å². The molecule has 2 heteroatoms. The Kier molecular flexibility index (Phi) is 7.86. The molecule has 0 aromatic heterocycles. The summed E-state index contributed by atoms with van der Waals surface area (Å²) in [6, 6.07) is 0. The van der Waals surface area contributed by atoms with Gasteiger partial charge >= 0.3 is 0 Å². The highest BCUT2D eigenvalue weighted by atomic mass is 16.5. The van der Waals surface area contributed by atoms with E-state index in [4.69, 9.17) is 4.74 Å². The third-order valence-electron chi connectivity index (χ3n) is 11.8. The first kappa shape index (κ1) is 26.2. The lowest BCUT2D eigenvalue weighted by molar-refractivity contribution is -0.124. The first-order valence-corrected chi connectivity index (χ1v) is 14.8. The van der Waals surface area contributed by atoms with Gasteiger partial charge in [0.05, 0.1) is 6.61 Å². The molecule has 0 spiro atoms. The molecule has 4 aliphatic carbocycles. The molecule has 0 amide bonds. The van der Waals surface area contributed by atoms with Crippen LogP contribution in [-0.4, -0.2) is 11.7 Å². The van der Waals surface area contributed by atoms with Crippen LogP contribution in [0.15, 0.2) is 24.7 Å². The summed E-state index contributed by atoms with van der Waals surface area (Å²) in [4.78, 5) is 0. The second kappa shape index (κ2) is 10.2. The van der Waals surface area contributed by atoms with Gasteiger partial charge in [0.1, 0.15) is 5.76 Å². The van der Waals surface area contributed by atoms with Gasteiger partial charge in [0, 0.05) is 0 Å². The lowest BCUT2D eigenvalue weighted by Crippen LogP contribution is -2.54. The van der Waals surface area contributed by atoms with Crippen LogP contribution < -0.4 is 0 Å². The van der Waals surface area contributed by atoms with Crippen molar-refractivity contribution in [2.24, 2.45) is 58.2 Å². The number of hydrogen-bond donors (Lipinski definition) is 1. The third kappa shape index (κ3) is 4.86. The Balaban J connectivity index is 1.38. The van der Waals surface area contributed by atoms with Crippen LogP contribution in [0.4, 0.5) is 0 Å². The standard InChI is InChI=1S/C32H54O2/c1-21(2)9-8-10-22(3)28-13-14-29-27-12-11-26-19-25(20-34-24(5)23(4)33)15-17-31(26,6)30(27)16-18-32(28,29)7/h21-22,25-30,33H,4-5,8-20H2,1-3,6-7H3/t22-,25+,26+,27+,28-,29+,30+,31+,32-/m1/s1. The Morgan fingerprint density at radius 1 is 0.912 bits per heavy atom. The summed E-state index contributed by atoms with van der Waals surface area (Å²) < 4.78 is 5.76. The Morgan fingerprint density at radius 2 is 1.62 bits per heavy atom. The smallest absolute Gasteiger partial charge is 0.153 e. The Morgan fingerprint density at radius 3 is 2.32 bits per heavy atom. The van der Waals surface area contributed by atoms with Crippen molar-refractivity contribution in [3.05, 3.63) is 24.7 Å². The molecule has 0 aromatic carbocycles. The molecule has 4 fully saturated rings. The van der Waals surface area contributed by atoms with Gasteiger partial charge in [-0.25, -0.2) is 0 Å². The highest BCUT2D eigenvalue weighted by Gasteiger charge is 2.60. The van der Waals surface area contributed by atoms with Gasteiger partial charge in [-0.1, -0.05) is 67.0 Å². The molecule has 9 atom stereocenters. The van der Waals surface area contributed by atoms with Crippen molar-refractivity contribution in [2.45, 2.75) is 112 Å². The molecule has 2 nitrogen and oxygen atoms in total. The molecule has 4 rings (SSSR count). The van der Waals surface area contributed by atoms with E-state index in [1.54, 1.807) is 0 Å². The monoisotopic (exact) mass is 470 g/mol. The summed E-state index contributed by atoms with van der Waals surface area (Å²) in [7, 11) is 0. The molecule has 4 aliphatic rings. The average molecular weight is 471 g/mol. The quantitative estimate of drug-likeness (QED) is 0.269. The van der Waals surface area contributed by atoms with Gasteiger partial charge in [-0.15, -0.1) is 0 Å². The van der Waals surface area contributed by atoms with E-state index in [2.05, 4.69) is 47.8 Å². The molecule has 34 heavy (non-hydrogen) atoms. The summed E-state index contributed by atoms with van der Waals surface area (Å²) in [6.07, 6.45) is 17.0. The van der Waals surface area contributed by atoms with E-state index in [1.807, 2.05) is 0 Å². The second-order valence-electron chi connectivity index (χ2n) is 14.0. The van der Waals surface area contributed by atoms with Crippen LogP contribution in [0.1, 0.15) is 112 Å². The number of hydrogen-bond acceptors (Lipinski definition) is 2. The van der Waals surface area contributed by atoms with Gasteiger partial charge in [0.2, 0.25) is 0 Å². The number of ether oxygens (including phenoxy) is 1. The zero-order valence-corrected chi connectivity index (χ0v) is 23.1. The molecule has 1 N–H and O–H groups in total. The summed E-state index contributed by atoms with van der Waals surface area (Å²) in [5.41, 5.74) is 1.12. The van der Waals surface area contributed by atoms with Gasteiger partial charge in [0.25, 0.3) is 0 Å². The summed E-state index contributed by atoms with van der Waals surface area (Å²) >= 11 is 0. The first-order chi connectivity index (χ1) is 16.1. The fraction of sp³-hybridized carbons (Fsp3) is 0.875. The van der Waals surface area contributed by atoms with Crippen LogP contribution in [0.2, 0.25) is 0 Å². The number of aliphatic hydroxyl groups excluding tert-OH is 1. The number of fused-ring (bicyclic) bond motifs is 5. The topological polar surface area (TPSA) is 29.5 Å². The molecule has 0 radical (unpaired) electrons. The van der Waals surface area contributed by atoms with Crippen molar-refractivity contribution in [3.63, 3.8) is 0 Å². The third-order valence-corrected chi connectivity index (χ3v) is 11.8. The van der Waals surface area contributed by atoms with E-state index in [0.717, 1.165) is 41.4 Å². The predicted molar refractivity (Wildman–Crippen MR) is 143 cm³/mol. The SMILES string of the molecule is C=C(O)C(=C)OC[C@H]1CC[C@@]2(C)[C@@H](CC[C@@H]3[C@@H]2CC[C@]2(C)[C@@H]([C@H](C)CCCC(C)C)CC[C@@H]32)C1. The van der Waals surface area contributed by atoms with E-state index < -0.39 is 0 Å². The van der Waals surface area contributed by atoms with Crippen LogP contribution in [0, 0.1) is 58.2 Å². The number of rotatable bonds is 9. The maximum Gasteiger partial charge on any atom is 0.153 e. The lowest BCUT2D eigenvalue weighted by Gasteiger charge is -2.61. The van der Waals surface area contributed by atoms with Gasteiger partial charge in [0.15, 0.2) is 5.76 Å². The van der Waals surface area contributed by atoms with Crippen molar-refractivity contribution in [2.75, 3.05) is 6.61 Å². The highest BCUT2D eigenvalue weighted by molar-refractivity contribution is 5.11. The van der Waals surface area contributed by atoms with Crippen molar-refractivity contribution < 1.29 is 9.84 Å². The molecular formula is C32H54O2. The Bertz CT molecular complexity index is 739. The van der Waals surface area contributed by atoms with Crippen molar-refractivity contribution in [1.82, 2.24) is 0 Å². The average Bonchev–Trinajstić information content (AvgIpc) is 3.14. The van der Waals surface area contributed by atoms with Gasteiger partial charge in [-0.3, -0.25) is 0 Å². The van der Waals surface area contributed by atoms with E-state index >= 15 is 0 Å².